The molecule has 17 heavy (non-hydrogen) atoms. The van der Waals surface area contributed by atoms with Gasteiger partial charge in [0.1, 0.15) is 0 Å². The fraction of sp³-hybridized carbons (Fsp3) is 0.455. The summed E-state index contributed by atoms with van der Waals surface area (Å²) in [6, 6.07) is 6.70. The van der Waals surface area contributed by atoms with Gasteiger partial charge in [-0.05, 0) is 30.9 Å². The Labute approximate surface area is 116 Å². The van der Waals surface area contributed by atoms with Gasteiger partial charge in [-0.2, -0.15) is 11.8 Å². The normalized spacial score (nSPS) is 13.6. The fourth-order valence-electron chi connectivity index (χ4n) is 1.36. The molecule has 0 saturated heterocycles. The van der Waals surface area contributed by atoms with Gasteiger partial charge in [0.2, 0.25) is 10.0 Å². The summed E-state index contributed by atoms with van der Waals surface area (Å²) in [7, 11) is -3.41. The quantitative estimate of drug-likeness (QED) is 0.868. The summed E-state index contributed by atoms with van der Waals surface area (Å²) in [5.74, 6) is 0.781. The number of hydrogen-bond donors (Lipinski definition) is 1. The Balaban J connectivity index is 2.88. The molecule has 0 fully saturated rings. The van der Waals surface area contributed by atoms with Crippen LogP contribution in [0.15, 0.2) is 33.6 Å². The molecule has 0 bridgehead atoms. The maximum Gasteiger partial charge on any atom is 0.240 e. The Morgan fingerprint density at radius 3 is 2.71 bits per heavy atom. The average molecular weight is 338 g/mol. The highest BCUT2D eigenvalue weighted by atomic mass is 79.9. The van der Waals surface area contributed by atoms with Gasteiger partial charge in [-0.1, -0.05) is 28.9 Å². The molecule has 0 spiro atoms. The SMILES string of the molecule is CCC(CSC)NS(=O)(=O)c1cccc(Br)c1. The molecule has 6 heteroatoms. The maximum absolute atomic E-state index is 12.1. The van der Waals surface area contributed by atoms with Gasteiger partial charge in [-0.25, -0.2) is 13.1 Å². The Morgan fingerprint density at radius 1 is 1.47 bits per heavy atom. The van der Waals surface area contributed by atoms with Crippen molar-refractivity contribution < 1.29 is 8.42 Å². The third kappa shape index (κ3) is 4.62. The molecule has 96 valence electrons. The van der Waals surface area contributed by atoms with Crippen molar-refractivity contribution in [2.45, 2.75) is 24.3 Å². The van der Waals surface area contributed by atoms with Crippen LogP contribution in [0.2, 0.25) is 0 Å². The van der Waals surface area contributed by atoms with Crippen molar-refractivity contribution in [3.05, 3.63) is 28.7 Å². The number of rotatable bonds is 6. The molecule has 0 aliphatic heterocycles. The number of benzene rings is 1. The first-order valence-corrected chi connectivity index (χ1v) is 8.93. The van der Waals surface area contributed by atoms with Crippen LogP contribution in [0.3, 0.4) is 0 Å². The molecule has 1 rings (SSSR count). The van der Waals surface area contributed by atoms with Gasteiger partial charge in [-0.15, -0.1) is 0 Å². The molecule has 0 amide bonds. The molecule has 1 atom stereocenters. The van der Waals surface area contributed by atoms with Gasteiger partial charge in [0, 0.05) is 16.3 Å². The third-order valence-corrected chi connectivity index (χ3v) is 5.04. The van der Waals surface area contributed by atoms with E-state index in [2.05, 4.69) is 20.7 Å². The van der Waals surface area contributed by atoms with E-state index >= 15 is 0 Å². The highest BCUT2D eigenvalue weighted by molar-refractivity contribution is 9.10. The molecule has 1 unspecified atom stereocenters. The van der Waals surface area contributed by atoms with Gasteiger partial charge in [0.05, 0.1) is 4.90 Å². The fourth-order valence-corrected chi connectivity index (χ4v) is 4.10. The molecular weight excluding hydrogens is 322 g/mol. The van der Waals surface area contributed by atoms with E-state index in [9.17, 15) is 8.42 Å². The molecular formula is C11H16BrNO2S2. The molecule has 0 saturated carbocycles. The summed E-state index contributed by atoms with van der Waals surface area (Å²) in [4.78, 5) is 0.298. The molecule has 0 radical (unpaired) electrons. The summed E-state index contributed by atoms with van der Waals surface area (Å²) >= 11 is 4.91. The third-order valence-electron chi connectivity index (χ3n) is 2.29. The summed E-state index contributed by atoms with van der Waals surface area (Å²) in [5, 5.41) is 0. The van der Waals surface area contributed by atoms with E-state index in [4.69, 9.17) is 0 Å². The van der Waals surface area contributed by atoms with Gasteiger partial charge < -0.3 is 0 Å². The first kappa shape index (κ1) is 15.0. The molecule has 1 N–H and O–H groups in total. The van der Waals surface area contributed by atoms with Crippen molar-refractivity contribution in [2.75, 3.05) is 12.0 Å². The van der Waals surface area contributed by atoms with E-state index in [1.54, 1.807) is 36.0 Å². The molecule has 0 aliphatic carbocycles. The lowest BCUT2D eigenvalue weighted by molar-refractivity contribution is 0.558. The van der Waals surface area contributed by atoms with Crippen molar-refractivity contribution in [1.29, 1.82) is 0 Å². The van der Waals surface area contributed by atoms with Crippen molar-refractivity contribution in [3.63, 3.8) is 0 Å². The zero-order chi connectivity index (χ0) is 12.9. The van der Waals surface area contributed by atoms with Crippen molar-refractivity contribution in [1.82, 2.24) is 4.72 Å². The number of nitrogens with one attached hydrogen (secondary N) is 1. The Kier molecular flexibility index (Phi) is 5.99. The largest absolute Gasteiger partial charge is 0.240 e. The van der Waals surface area contributed by atoms with E-state index in [0.29, 0.717) is 4.90 Å². The first-order chi connectivity index (χ1) is 7.99. The van der Waals surface area contributed by atoms with Crippen molar-refractivity contribution in [3.8, 4) is 0 Å². The smallest absolute Gasteiger partial charge is 0.207 e. The van der Waals surface area contributed by atoms with Crippen molar-refractivity contribution >= 4 is 37.7 Å². The van der Waals surface area contributed by atoms with E-state index < -0.39 is 10.0 Å². The molecule has 1 aromatic rings. The zero-order valence-electron chi connectivity index (χ0n) is 9.81. The topological polar surface area (TPSA) is 46.2 Å². The van der Waals surface area contributed by atoms with Crippen LogP contribution in [-0.4, -0.2) is 26.5 Å². The van der Waals surface area contributed by atoms with Gasteiger partial charge in [-0.3, -0.25) is 0 Å². The number of halogens is 1. The minimum Gasteiger partial charge on any atom is -0.207 e. The highest BCUT2D eigenvalue weighted by Crippen LogP contribution is 2.17. The Bertz CT molecular complexity index is 462. The van der Waals surface area contributed by atoms with Crippen molar-refractivity contribution in [2.24, 2.45) is 0 Å². The maximum atomic E-state index is 12.1. The van der Waals surface area contributed by atoms with Crippen LogP contribution < -0.4 is 4.72 Å². The Morgan fingerprint density at radius 2 is 2.18 bits per heavy atom. The second-order valence-corrected chi connectivity index (χ2v) is 7.18. The van der Waals surface area contributed by atoms with Gasteiger partial charge in [0.15, 0.2) is 0 Å². The average Bonchev–Trinajstić information content (AvgIpc) is 2.28. The predicted molar refractivity (Wildman–Crippen MR) is 76.9 cm³/mol. The second kappa shape index (κ2) is 6.78. The standard InChI is InChI=1S/C11H16BrNO2S2/c1-3-10(8-16-2)13-17(14,15)11-6-4-5-9(12)7-11/h4-7,10,13H,3,8H2,1-2H3. The highest BCUT2D eigenvalue weighted by Gasteiger charge is 2.18. The van der Waals surface area contributed by atoms with Gasteiger partial charge >= 0.3 is 0 Å². The lowest BCUT2D eigenvalue weighted by Crippen LogP contribution is -2.36. The lowest BCUT2D eigenvalue weighted by atomic mass is 10.3. The molecule has 3 nitrogen and oxygen atoms in total. The lowest BCUT2D eigenvalue weighted by Gasteiger charge is -2.15. The number of sulfonamides is 1. The van der Waals surface area contributed by atoms with E-state index in [-0.39, 0.29) is 6.04 Å². The van der Waals surface area contributed by atoms with Crippen LogP contribution >= 0.6 is 27.7 Å². The second-order valence-electron chi connectivity index (χ2n) is 3.64. The summed E-state index contributed by atoms with van der Waals surface area (Å²) in [6.45, 7) is 1.98. The van der Waals surface area contributed by atoms with Crippen LogP contribution in [0, 0.1) is 0 Å². The Hall–Kier alpha value is -0.0400. The summed E-state index contributed by atoms with van der Waals surface area (Å²) in [6.07, 6.45) is 2.75. The van der Waals surface area contributed by atoms with E-state index in [0.717, 1.165) is 16.6 Å². The summed E-state index contributed by atoms with van der Waals surface area (Å²) < 4.78 is 27.7. The monoisotopic (exact) mass is 337 g/mol. The molecule has 1 aromatic carbocycles. The first-order valence-electron chi connectivity index (χ1n) is 5.26. The van der Waals surface area contributed by atoms with Gasteiger partial charge in [0.25, 0.3) is 0 Å². The van der Waals surface area contributed by atoms with Crippen LogP contribution in [0.1, 0.15) is 13.3 Å². The zero-order valence-corrected chi connectivity index (χ0v) is 13.0. The summed E-state index contributed by atoms with van der Waals surface area (Å²) in [5.41, 5.74) is 0. The predicted octanol–water partition coefficient (Wildman–Crippen LogP) is 2.87. The molecule has 0 aromatic heterocycles. The molecule has 0 aliphatic rings. The van der Waals surface area contributed by atoms with E-state index in [1.165, 1.54) is 0 Å². The number of hydrogen-bond acceptors (Lipinski definition) is 3. The number of thioether (sulfide) groups is 1. The van der Waals surface area contributed by atoms with Crippen LogP contribution in [0.4, 0.5) is 0 Å². The van der Waals surface area contributed by atoms with Crippen LogP contribution in [-0.2, 0) is 10.0 Å². The minimum atomic E-state index is -3.41. The van der Waals surface area contributed by atoms with Crippen LogP contribution in [0.25, 0.3) is 0 Å². The minimum absolute atomic E-state index is 0.0195. The van der Waals surface area contributed by atoms with E-state index in [1.807, 2.05) is 13.2 Å². The molecule has 0 heterocycles. The van der Waals surface area contributed by atoms with Crippen LogP contribution in [0.5, 0.6) is 0 Å².